The van der Waals surface area contributed by atoms with Crippen LogP contribution in [0.1, 0.15) is 18.6 Å². The Hall–Kier alpha value is -1.24. The minimum atomic E-state index is -0.664. The Morgan fingerprint density at radius 2 is 2.36 bits per heavy atom. The first kappa shape index (κ1) is 10.8. The van der Waals surface area contributed by atoms with Gasteiger partial charge in [0.2, 0.25) is 0 Å². The fraction of sp³-hybridized carbons (Fsp3) is 0.300. The van der Waals surface area contributed by atoms with E-state index >= 15 is 0 Å². The van der Waals surface area contributed by atoms with Gasteiger partial charge in [0.15, 0.2) is 6.61 Å². The number of hydrogen-bond donors (Lipinski definition) is 1. The van der Waals surface area contributed by atoms with Crippen molar-refractivity contribution in [3.63, 3.8) is 0 Å². The molecule has 0 spiro atoms. The highest BCUT2D eigenvalue weighted by Gasteiger charge is 2.09. The average molecular weight is 212 g/mol. The summed E-state index contributed by atoms with van der Waals surface area (Å²) in [5, 5.41) is 18.3. The van der Waals surface area contributed by atoms with E-state index in [-0.39, 0.29) is 6.61 Å². The summed E-state index contributed by atoms with van der Waals surface area (Å²) in [6, 6.07) is 6.78. The van der Waals surface area contributed by atoms with Crippen LogP contribution in [0.2, 0.25) is 5.02 Å². The predicted molar refractivity (Wildman–Crippen MR) is 53.2 cm³/mol. The SMILES string of the molecule is C[C@H](O)c1cc(Cl)ccc1OCC#N. The van der Waals surface area contributed by atoms with Gasteiger partial charge >= 0.3 is 0 Å². The smallest absolute Gasteiger partial charge is 0.174 e. The number of halogens is 1. The molecule has 1 aromatic carbocycles. The first-order chi connectivity index (χ1) is 6.65. The lowest BCUT2D eigenvalue weighted by Crippen LogP contribution is -2.00. The predicted octanol–water partition coefficient (Wildman–Crippen LogP) is 2.30. The van der Waals surface area contributed by atoms with E-state index in [1.807, 2.05) is 6.07 Å². The van der Waals surface area contributed by atoms with Gasteiger partial charge in [-0.3, -0.25) is 0 Å². The van der Waals surface area contributed by atoms with E-state index in [0.717, 1.165) is 0 Å². The van der Waals surface area contributed by atoms with Crippen LogP contribution in [0.15, 0.2) is 18.2 Å². The van der Waals surface area contributed by atoms with E-state index in [0.29, 0.717) is 16.3 Å². The van der Waals surface area contributed by atoms with Gasteiger partial charge in [-0.1, -0.05) is 11.6 Å². The molecule has 0 amide bonds. The van der Waals surface area contributed by atoms with Crippen LogP contribution in [-0.2, 0) is 0 Å². The van der Waals surface area contributed by atoms with Gasteiger partial charge in [-0.2, -0.15) is 5.26 Å². The maximum absolute atomic E-state index is 9.41. The quantitative estimate of drug-likeness (QED) is 0.835. The molecular formula is C10H10ClNO2. The number of aliphatic hydroxyl groups is 1. The molecule has 1 rings (SSSR count). The zero-order chi connectivity index (χ0) is 10.6. The Morgan fingerprint density at radius 3 is 2.93 bits per heavy atom. The molecule has 0 saturated heterocycles. The van der Waals surface area contributed by atoms with Gasteiger partial charge in [0.1, 0.15) is 11.8 Å². The normalized spacial score (nSPS) is 11.9. The molecule has 4 heteroatoms. The third-order valence-electron chi connectivity index (χ3n) is 1.71. The fourth-order valence-corrected chi connectivity index (χ4v) is 1.27. The number of nitrogens with zero attached hydrogens (tertiary/aromatic N) is 1. The molecule has 0 fully saturated rings. The molecule has 0 saturated carbocycles. The second-order valence-electron chi connectivity index (χ2n) is 2.80. The summed E-state index contributed by atoms with van der Waals surface area (Å²) in [7, 11) is 0. The van der Waals surface area contributed by atoms with E-state index in [9.17, 15) is 5.11 Å². The van der Waals surface area contributed by atoms with Crippen LogP contribution in [0.25, 0.3) is 0 Å². The van der Waals surface area contributed by atoms with Crippen molar-refractivity contribution in [2.45, 2.75) is 13.0 Å². The van der Waals surface area contributed by atoms with Crippen molar-refractivity contribution in [3.05, 3.63) is 28.8 Å². The summed E-state index contributed by atoms with van der Waals surface area (Å²) in [5.74, 6) is 0.492. The maximum atomic E-state index is 9.41. The number of hydrogen-bond acceptors (Lipinski definition) is 3. The highest BCUT2D eigenvalue weighted by atomic mass is 35.5. The Kier molecular flexibility index (Phi) is 3.75. The van der Waals surface area contributed by atoms with Gasteiger partial charge in [-0.15, -0.1) is 0 Å². The third-order valence-corrected chi connectivity index (χ3v) is 1.95. The first-order valence-electron chi connectivity index (χ1n) is 4.12. The number of ether oxygens (including phenoxy) is 1. The molecule has 0 unspecified atom stereocenters. The van der Waals surface area contributed by atoms with Gasteiger partial charge in [0.25, 0.3) is 0 Å². The molecule has 0 heterocycles. The second-order valence-corrected chi connectivity index (χ2v) is 3.24. The third kappa shape index (κ3) is 2.63. The van der Waals surface area contributed by atoms with Crippen LogP contribution in [0, 0.1) is 11.3 Å². The Labute approximate surface area is 87.5 Å². The molecule has 0 aliphatic carbocycles. The molecule has 0 bridgehead atoms. The van der Waals surface area contributed by atoms with Crippen LogP contribution < -0.4 is 4.74 Å². The molecule has 0 aliphatic rings. The molecule has 0 aromatic heterocycles. The van der Waals surface area contributed by atoms with Gasteiger partial charge in [0.05, 0.1) is 6.10 Å². The standard InChI is InChI=1S/C10H10ClNO2/c1-7(13)9-6-8(11)2-3-10(9)14-5-4-12/h2-3,6-7,13H,5H2,1H3/t7-/m0/s1. The zero-order valence-corrected chi connectivity index (χ0v) is 8.45. The van der Waals surface area contributed by atoms with Gasteiger partial charge < -0.3 is 9.84 Å². The molecule has 74 valence electrons. The minimum absolute atomic E-state index is 0.0403. The number of aliphatic hydroxyl groups excluding tert-OH is 1. The van der Waals surface area contributed by atoms with Gasteiger partial charge in [-0.25, -0.2) is 0 Å². The first-order valence-corrected chi connectivity index (χ1v) is 4.50. The lowest BCUT2D eigenvalue weighted by Gasteiger charge is -2.11. The van der Waals surface area contributed by atoms with Crippen LogP contribution in [0.3, 0.4) is 0 Å². The molecule has 14 heavy (non-hydrogen) atoms. The van der Waals surface area contributed by atoms with Crippen LogP contribution in [0.4, 0.5) is 0 Å². The summed E-state index contributed by atoms with van der Waals surface area (Å²) in [6.45, 7) is 1.58. The molecule has 3 nitrogen and oxygen atoms in total. The van der Waals surface area contributed by atoms with Crippen molar-refractivity contribution in [3.8, 4) is 11.8 Å². The lowest BCUT2D eigenvalue weighted by molar-refractivity contribution is 0.193. The monoisotopic (exact) mass is 211 g/mol. The fourth-order valence-electron chi connectivity index (χ4n) is 1.09. The Balaban J connectivity index is 2.97. The average Bonchev–Trinajstić information content (AvgIpc) is 2.15. The molecule has 0 aliphatic heterocycles. The summed E-state index contributed by atoms with van der Waals surface area (Å²) >= 11 is 5.76. The highest BCUT2D eigenvalue weighted by molar-refractivity contribution is 6.30. The number of benzene rings is 1. The van der Waals surface area contributed by atoms with Crippen molar-refractivity contribution < 1.29 is 9.84 Å². The van der Waals surface area contributed by atoms with Gasteiger partial charge in [-0.05, 0) is 25.1 Å². The van der Waals surface area contributed by atoms with Crippen LogP contribution in [-0.4, -0.2) is 11.7 Å². The van der Waals surface area contributed by atoms with E-state index in [4.69, 9.17) is 21.6 Å². The molecule has 1 atom stereocenters. The molecule has 0 radical (unpaired) electrons. The summed E-state index contributed by atoms with van der Waals surface area (Å²) in [4.78, 5) is 0. The van der Waals surface area contributed by atoms with Crippen molar-refractivity contribution in [1.29, 1.82) is 5.26 Å². The second kappa shape index (κ2) is 4.85. The Bertz CT molecular complexity index is 358. The molecule has 1 N–H and O–H groups in total. The zero-order valence-electron chi connectivity index (χ0n) is 7.70. The summed E-state index contributed by atoms with van der Waals surface area (Å²) in [6.07, 6.45) is -0.664. The van der Waals surface area contributed by atoms with Crippen molar-refractivity contribution >= 4 is 11.6 Å². The molecular weight excluding hydrogens is 202 g/mol. The minimum Gasteiger partial charge on any atom is -0.478 e. The van der Waals surface area contributed by atoms with Gasteiger partial charge in [0, 0.05) is 10.6 Å². The highest BCUT2D eigenvalue weighted by Crippen LogP contribution is 2.28. The summed E-state index contributed by atoms with van der Waals surface area (Å²) < 4.78 is 5.12. The maximum Gasteiger partial charge on any atom is 0.174 e. The van der Waals surface area contributed by atoms with E-state index in [1.165, 1.54) is 0 Å². The lowest BCUT2D eigenvalue weighted by atomic mass is 10.1. The van der Waals surface area contributed by atoms with Crippen LogP contribution >= 0.6 is 11.6 Å². The Morgan fingerprint density at radius 1 is 1.64 bits per heavy atom. The van der Waals surface area contributed by atoms with Crippen LogP contribution in [0.5, 0.6) is 5.75 Å². The van der Waals surface area contributed by atoms with Crippen molar-refractivity contribution in [2.24, 2.45) is 0 Å². The molecule has 1 aromatic rings. The van der Waals surface area contributed by atoms with E-state index in [1.54, 1.807) is 25.1 Å². The largest absolute Gasteiger partial charge is 0.478 e. The summed E-state index contributed by atoms with van der Waals surface area (Å²) in [5.41, 5.74) is 0.591. The van der Waals surface area contributed by atoms with Crippen molar-refractivity contribution in [2.75, 3.05) is 6.61 Å². The number of rotatable bonds is 3. The van der Waals surface area contributed by atoms with E-state index in [2.05, 4.69) is 0 Å². The topological polar surface area (TPSA) is 53.2 Å². The van der Waals surface area contributed by atoms with Crippen molar-refractivity contribution in [1.82, 2.24) is 0 Å². The van der Waals surface area contributed by atoms with E-state index < -0.39 is 6.10 Å². The number of nitriles is 1.